The van der Waals surface area contributed by atoms with E-state index in [0.29, 0.717) is 0 Å². The number of amides is 1. The lowest BCUT2D eigenvalue weighted by atomic mass is 10.3. The third-order valence-electron chi connectivity index (χ3n) is 1.20. The molecule has 0 spiro atoms. The van der Waals surface area contributed by atoms with Crippen molar-refractivity contribution in [1.82, 2.24) is 10.6 Å². The van der Waals surface area contributed by atoms with Crippen molar-refractivity contribution in [3.05, 3.63) is 0 Å². The lowest BCUT2D eigenvalue weighted by Gasteiger charge is -2.15. The van der Waals surface area contributed by atoms with E-state index in [1.165, 1.54) is 6.92 Å². The third-order valence-corrected chi connectivity index (χ3v) is 1.69. The van der Waals surface area contributed by atoms with Crippen LogP contribution in [0.1, 0.15) is 6.92 Å². The number of carbonyl (C=O) groups is 1. The Kier molecular flexibility index (Phi) is 4.61. The molecular weight excluding hydrogens is 221 g/mol. The second-order valence-corrected chi connectivity index (χ2v) is 2.94. The van der Waals surface area contributed by atoms with Crippen LogP contribution in [-0.4, -0.2) is 35.0 Å². The Morgan fingerprint density at radius 2 is 2.07 bits per heavy atom. The Labute approximate surface area is 83.5 Å². The number of rotatable bonds is 3. The summed E-state index contributed by atoms with van der Waals surface area (Å²) in [7, 11) is 0. The predicted molar refractivity (Wildman–Crippen MR) is 47.3 cm³/mol. The number of thiocarbonyl (C=S) groups is 1. The lowest BCUT2D eigenvalue weighted by Crippen LogP contribution is -2.45. The van der Waals surface area contributed by atoms with Crippen LogP contribution in [0.3, 0.4) is 0 Å². The number of alkyl halides is 3. The molecule has 0 rings (SSSR count). The van der Waals surface area contributed by atoms with Gasteiger partial charge in [0.1, 0.15) is 6.54 Å². The molecular formula is C6H9F3N2O2S. The molecule has 82 valence electrons. The van der Waals surface area contributed by atoms with Gasteiger partial charge in [0.2, 0.25) is 0 Å². The fraction of sp³-hybridized carbons (Fsp3) is 0.667. The van der Waals surface area contributed by atoms with Crippen molar-refractivity contribution in [2.75, 3.05) is 6.54 Å². The van der Waals surface area contributed by atoms with Crippen LogP contribution in [-0.2, 0) is 0 Å². The average Bonchev–Trinajstić information content (AvgIpc) is 1.97. The zero-order chi connectivity index (χ0) is 11.4. The SMILES string of the molecule is CC(NC(=O)O)C(=S)NCC(F)(F)F. The van der Waals surface area contributed by atoms with Crippen LogP contribution < -0.4 is 10.6 Å². The molecule has 0 aliphatic heterocycles. The first kappa shape index (κ1) is 12.9. The number of halogens is 3. The highest BCUT2D eigenvalue weighted by Gasteiger charge is 2.27. The molecule has 0 aromatic rings. The molecule has 1 unspecified atom stereocenters. The molecule has 0 aliphatic carbocycles. The molecule has 0 heterocycles. The molecule has 4 nitrogen and oxygen atoms in total. The Morgan fingerprint density at radius 3 is 2.43 bits per heavy atom. The lowest BCUT2D eigenvalue weighted by molar-refractivity contribution is -0.121. The first-order chi connectivity index (χ1) is 6.22. The van der Waals surface area contributed by atoms with Gasteiger partial charge in [-0.25, -0.2) is 4.79 Å². The van der Waals surface area contributed by atoms with E-state index < -0.39 is 24.9 Å². The highest BCUT2D eigenvalue weighted by molar-refractivity contribution is 7.80. The maximum Gasteiger partial charge on any atom is 0.405 e. The molecule has 0 fully saturated rings. The van der Waals surface area contributed by atoms with Crippen molar-refractivity contribution >= 4 is 23.3 Å². The van der Waals surface area contributed by atoms with E-state index in [1.807, 2.05) is 10.6 Å². The van der Waals surface area contributed by atoms with Crippen LogP contribution in [0.15, 0.2) is 0 Å². The summed E-state index contributed by atoms with van der Waals surface area (Å²) in [4.78, 5) is 9.90. The van der Waals surface area contributed by atoms with Crippen LogP contribution in [0.2, 0.25) is 0 Å². The van der Waals surface area contributed by atoms with Crippen molar-refractivity contribution in [2.45, 2.75) is 19.1 Å². The Morgan fingerprint density at radius 1 is 1.57 bits per heavy atom. The second kappa shape index (κ2) is 4.99. The summed E-state index contributed by atoms with van der Waals surface area (Å²) in [5.41, 5.74) is 0. The van der Waals surface area contributed by atoms with Crippen molar-refractivity contribution in [3.63, 3.8) is 0 Å². The summed E-state index contributed by atoms with van der Waals surface area (Å²) < 4.78 is 35.0. The monoisotopic (exact) mass is 230 g/mol. The van der Waals surface area contributed by atoms with Crippen molar-refractivity contribution in [1.29, 1.82) is 0 Å². The fourth-order valence-electron chi connectivity index (χ4n) is 0.591. The molecule has 8 heteroatoms. The summed E-state index contributed by atoms with van der Waals surface area (Å²) in [5.74, 6) is 0. The van der Waals surface area contributed by atoms with E-state index in [0.717, 1.165) is 0 Å². The van der Waals surface area contributed by atoms with E-state index >= 15 is 0 Å². The maximum atomic E-state index is 11.7. The van der Waals surface area contributed by atoms with Gasteiger partial charge >= 0.3 is 12.3 Å². The minimum atomic E-state index is -4.37. The number of nitrogens with one attached hydrogen (secondary N) is 2. The molecule has 14 heavy (non-hydrogen) atoms. The number of hydrogen-bond donors (Lipinski definition) is 3. The molecule has 0 aromatic heterocycles. The molecule has 0 radical (unpaired) electrons. The normalized spacial score (nSPS) is 13.1. The largest absolute Gasteiger partial charge is 0.465 e. The Hall–Kier alpha value is -1.05. The van der Waals surface area contributed by atoms with E-state index in [2.05, 4.69) is 12.2 Å². The van der Waals surface area contributed by atoms with Gasteiger partial charge in [-0.05, 0) is 6.92 Å². The predicted octanol–water partition coefficient (Wildman–Crippen LogP) is 1.12. The van der Waals surface area contributed by atoms with Gasteiger partial charge in [-0.3, -0.25) is 0 Å². The minimum absolute atomic E-state index is 0.190. The molecule has 0 aliphatic rings. The van der Waals surface area contributed by atoms with Gasteiger partial charge in [-0.15, -0.1) is 0 Å². The second-order valence-electron chi connectivity index (χ2n) is 2.50. The van der Waals surface area contributed by atoms with Gasteiger partial charge in [0.15, 0.2) is 0 Å². The molecule has 0 aromatic carbocycles. The molecule has 0 saturated heterocycles. The molecule has 1 amide bonds. The number of carboxylic acid groups (broad SMARTS) is 1. The van der Waals surface area contributed by atoms with Gasteiger partial charge in [0.05, 0.1) is 11.0 Å². The Balaban J connectivity index is 3.91. The van der Waals surface area contributed by atoms with Crippen LogP contribution in [0.4, 0.5) is 18.0 Å². The van der Waals surface area contributed by atoms with Gasteiger partial charge in [0.25, 0.3) is 0 Å². The summed E-state index contributed by atoms with van der Waals surface area (Å²) in [6, 6.07) is -0.843. The van der Waals surface area contributed by atoms with Gasteiger partial charge in [-0.2, -0.15) is 13.2 Å². The van der Waals surface area contributed by atoms with Crippen molar-refractivity contribution < 1.29 is 23.1 Å². The third kappa shape index (κ3) is 6.46. The summed E-state index contributed by atoms with van der Waals surface area (Å²) in [6.07, 6.45) is -5.71. The van der Waals surface area contributed by atoms with Crippen LogP contribution in [0, 0.1) is 0 Å². The Bertz CT molecular complexity index is 232. The van der Waals surface area contributed by atoms with Crippen LogP contribution in [0.5, 0.6) is 0 Å². The summed E-state index contributed by atoms with van der Waals surface area (Å²) in [6.45, 7) is 0.0807. The smallest absolute Gasteiger partial charge is 0.405 e. The van der Waals surface area contributed by atoms with Crippen LogP contribution >= 0.6 is 12.2 Å². The number of hydrogen-bond acceptors (Lipinski definition) is 2. The summed E-state index contributed by atoms with van der Waals surface area (Å²) in [5, 5.41) is 12.1. The fourth-order valence-corrected chi connectivity index (χ4v) is 0.722. The van der Waals surface area contributed by atoms with Crippen molar-refractivity contribution in [2.24, 2.45) is 0 Å². The van der Waals surface area contributed by atoms with Gasteiger partial charge in [0, 0.05) is 0 Å². The topological polar surface area (TPSA) is 61.4 Å². The average molecular weight is 230 g/mol. The summed E-state index contributed by atoms with van der Waals surface area (Å²) >= 11 is 4.53. The van der Waals surface area contributed by atoms with Gasteiger partial charge in [-0.1, -0.05) is 12.2 Å². The van der Waals surface area contributed by atoms with Crippen molar-refractivity contribution in [3.8, 4) is 0 Å². The zero-order valence-corrected chi connectivity index (χ0v) is 8.00. The maximum absolute atomic E-state index is 11.7. The molecule has 0 bridgehead atoms. The quantitative estimate of drug-likeness (QED) is 0.636. The molecule has 3 N–H and O–H groups in total. The van der Waals surface area contributed by atoms with E-state index in [1.54, 1.807) is 0 Å². The first-order valence-corrected chi connectivity index (χ1v) is 3.97. The van der Waals surface area contributed by atoms with E-state index in [9.17, 15) is 18.0 Å². The van der Waals surface area contributed by atoms with E-state index in [4.69, 9.17) is 5.11 Å². The zero-order valence-electron chi connectivity index (χ0n) is 7.18. The molecule has 0 saturated carbocycles. The standard InChI is InChI=1S/C6H9F3N2O2S/c1-3(11-5(12)13)4(14)10-2-6(7,8)9/h3,11H,2H2,1H3,(H,10,14)(H,12,13). The van der Waals surface area contributed by atoms with E-state index in [-0.39, 0.29) is 4.99 Å². The minimum Gasteiger partial charge on any atom is -0.465 e. The first-order valence-electron chi connectivity index (χ1n) is 3.56. The van der Waals surface area contributed by atoms with Gasteiger partial charge < -0.3 is 15.7 Å². The highest BCUT2D eigenvalue weighted by Crippen LogP contribution is 2.12. The molecule has 1 atom stereocenters. The van der Waals surface area contributed by atoms with Crippen LogP contribution in [0.25, 0.3) is 0 Å². The highest BCUT2D eigenvalue weighted by atomic mass is 32.1.